The summed E-state index contributed by atoms with van der Waals surface area (Å²) in [5, 5.41) is 19.9. The van der Waals surface area contributed by atoms with Crippen LogP contribution in [0.4, 0.5) is 11.6 Å². The molecule has 0 radical (unpaired) electrons. The van der Waals surface area contributed by atoms with Crippen LogP contribution in [0.15, 0.2) is 85.5 Å². The molecule has 6 aromatic rings. The average Bonchev–Trinajstić information content (AvgIpc) is 3.32. The van der Waals surface area contributed by atoms with Gasteiger partial charge in [0.15, 0.2) is 11.6 Å². The van der Waals surface area contributed by atoms with Gasteiger partial charge in [-0.25, -0.2) is 19.9 Å². The van der Waals surface area contributed by atoms with Gasteiger partial charge >= 0.3 is 5.97 Å². The zero-order valence-electron chi connectivity index (χ0n) is 36.6. The number of rotatable bonds is 14. The number of hydrogen-bond acceptors (Lipinski definition) is 15. The first-order valence-electron chi connectivity index (χ1n) is 21.3. The maximum absolute atomic E-state index is 12.3. The number of amides is 1. The number of piperazine rings is 2. The molecule has 4 N–H and O–H groups in total. The minimum absolute atomic E-state index is 0.0902. The predicted molar refractivity (Wildman–Crippen MR) is 246 cm³/mol. The Kier molecular flexibility index (Phi) is 17.2. The number of nitrogens with zero attached hydrogens (tertiary/aromatic N) is 9. The third-order valence-corrected chi connectivity index (χ3v) is 10.5. The van der Waals surface area contributed by atoms with Crippen LogP contribution in [0.2, 0.25) is 0 Å². The van der Waals surface area contributed by atoms with Gasteiger partial charge in [0.05, 0.1) is 24.2 Å². The van der Waals surface area contributed by atoms with Gasteiger partial charge in [-0.2, -0.15) is 0 Å². The number of anilines is 2. The topological polar surface area (TPSA) is 196 Å². The molecule has 6 heterocycles. The van der Waals surface area contributed by atoms with Gasteiger partial charge < -0.3 is 45.2 Å². The van der Waals surface area contributed by atoms with Crippen LogP contribution in [0.5, 0.6) is 11.5 Å². The fourth-order valence-electron chi connectivity index (χ4n) is 6.84. The summed E-state index contributed by atoms with van der Waals surface area (Å²) in [6, 6.07) is 18.9. The monoisotopic (exact) mass is 858 g/mol. The molecule has 0 atom stereocenters. The molecule has 2 fully saturated rings. The van der Waals surface area contributed by atoms with Gasteiger partial charge in [-0.1, -0.05) is 0 Å². The van der Waals surface area contributed by atoms with Crippen molar-refractivity contribution in [3.8, 4) is 34.3 Å². The second kappa shape index (κ2) is 23.6. The van der Waals surface area contributed by atoms with Gasteiger partial charge in [0.1, 0.15) is 23.1 Å². The maximum Gasteiger partial charge on any atom is 0.303 e. The van der Waals surface area contributed by atoms with E-state index in [4.69, 9.17) is 14.6 Å². The van der Waals surface area contributed by atoms with E-state index in [2.05, 4.69) is 69.7 Å². The summed E-state index contributed by atoms with van der Waals surface area (Å²) in [5.74, 6) is 3.45. The number of ether oxygens (including phenoxy) is 2. The molecule has 17 nitrogen and oxygen atoms in total. The van der Waals surface area contributed by atoms with Crippen molar-refractivity contribution in [1.82, 2.24) is 49.9 Å². The average molecular weight is 859 g/mol. The first kappa shape index (κ1) is 46.0. The van der Waals surface area contributed by atoms with Gasteiger partial charge in [-0.15, -0.1) is 0 Å². The number of nitrogens with one attached hydrogen (secondary N) is 3. The fourth-order valence-corrected chi connectivity index (χ4v) is 6.84. The lowest BCUT2D eigenvalue weighted by atomic mass is 10.2. The Balaban J connectivity index is 0.000000184. The van der Waals surface area contributed by atoms with Crippen LogP contribution in [-0.4, -0.2) is 155 Å². The van der Waals surface area contributed by atoms with E-state index in [1.165, 1.54) is 13.1 Å². The molecule has 2 aromatic carbocycles. The SMILES string of the molecule is CN1CCNCC1.CNc1nc(-c2cccnc2)nc2ccc(OCCCC(=O)N3CCN(C)CC3)cc12.CNc1nc(-c2cccnc2)nc2ccc(OCCCC(=O)O)cc12. The summed E-state index contributed by atoms with van der Waals surface area (Å²) in [6.07, 6.45) is 8.66. The molecule has 0 spiro atoms. The van der Waals surface area contributed by atoms with Crippen molar-refractivity contribution in [1.29, 1.82) is 0 Å². The zero-order chi connectivity index (χ0) is 44.4. The predicted octanol–water partition coefficient (Wildman–Crippen LogP) is 5.17. The molecule has 63 heavy (non-hydrogen) atoms. The van der Waals surface area contributed by atoms with Crippen LogP contribution in [-0.2, 0) is 9.59 Å². The molecular formula is C46H58N12O5. The van der Waals surface area contributed by atoms with Crippen molar-refractivity contribution >= 4 is 45.3 Å². The van der Waals surface area contributed by atoms with Crippen molar-refractivity contribution in [3.63, 3.8) is 0 Å². The smallest absolute Gasteiger partial charge is 0.303 e. The molecule has 2 aliphatic rings. The molecule has 0 bridgehead atoms. The van der Waals surface area contributed by atoms with Crippen molar-refractivity contribution in [3.05, 3.63) is 85.5 Å². The highest BCUT2D eigenvalue weighted by molar-refractivity contribution is 5.92. The Morgan fingerprint density at radius 3 is 1.59 bits per heavy atom. The first-order chi connectivity index (χ1) is 30.7. The largest absolute Gasteiger partial charge is 0.494 e. The van der Waals surface area contributed by atoms with E-state index >= 15 is 0 Å². The van der Waals surface area contributed by atoms with Crippen molar-refractivity contribution in [2.45, 2.75) is 25.7 Å². The van der Waals surface area contributed by atoms with Crippen LogP contribution in [0.3, 0.4) is 0 Å². The van der Waals surface area contributed by atoms with Crippen LogP contribution in [0.1, 0.15) is 25.7 Å². The molecule has 2 saturated heterocycles. The number of aliphatic carboxylic acids is 1. The number of fused-ring (bicyclic) bond motifs is 2. The fraction of sp³-hybridized carbons (Fsp3) is 0.391. The Hall–Kier alpha value is -6.56. The molecule has 0 saturated carbocycles. The van der Waals surface area contributed by atoms with E-state index in [0.29, 0.717) is 55.7 Å². The normalized spacial score (nSPS) is 14.2. The minimum Gasteiger partial charge on any atom is -0.494 e. The Morgan fingerprint density at radius 1 is 0.667 bits per heavy atom. The van der Waals surface area contributed by atoms with Gasteiger partial charge in [0, 0.05) is 126 Å². The van der Waals surface area contributed by atoms with Crippen LogP contribution in [0, 0.1) is 0 Å². The Labute approximate surface area is 368 Å². The molecule has 17 heteroatoms. The highest BCUT2D eigenvalue weighted by atomic mass is 16.5. The molecule has 0 aliphatic carbocycles. The van der Waals surface area contributed by atoms with Gasteiger partial charge in [0.2, 0.25) is 5.91 Å². The number of carboxylic acids is 1. The number of likely N-dealkylation sites (N-methyl/N-ethyl adjacent to an activating group) is 2. The molecule has 1 amide bonds. The molecule has 4 aromatic heterocycles. The van der Waals surface area contributed by atoms with E-state index < -0.39 is 5.97 Å². The summed E-state index contributed by atoms with van der Waals surface area (Å²) in [4.78, 5) is 56.1. The molecule has 0 unspecified atom stereocenters. The van der Waals surface area contributed by atoms with E-state index in [9.17, 15) is 9.59 Å². The van der Waals surface area contributed by atoms with Crippen molar-refractivity contribution < 1.29 is 24.2 Å². The van der Waals surface area contributed by atoms with E-state index in [-0.39, 0.29) is 12.3 Å². The maximum atomic E-state index is 12.3. The summed E-state index contributed by atoms with van der Waals surface area (Å²) in [5.41, 5.74) is 3.33. The second-order valence-electron chi connectivity index (χ2n) is 15.2. The summed E-state index contributed by atoms with van der Waals surface area (Å²) < 4.78 is 11.5. The number of pyridine rings is 2. The van der Waals surface area contributed by atoms with Gasteiger partial charge in [-0.05, 0) is 87.6 Å². The van der Waals surface area contributed by atoms with E-state index in [0.717, 1.165) is 83.8 Å². The Morgan fingerprint density at radius 2 is 1.16 bits per heavy atom. The van der Waals surface area contributed by atoms with E-state index in [1.807, 2.05) is 72.6 Å². The highest BCUT2D eigenvalue weighted by Crippen LogP contribution is 2.29. The molecule has 8 rings (SSSR count). The zero-order valence-corrected chi connectivity index (χ0v) is 36.6. The number of carbonyl (C=O) groups excluding carboxylic acids is 1. The Bertz CT molecular complexity index is 2380. The standard InChI is InChI=1S/C23H28N6O2.C18H18N4O3.C5H12N2/c1-24-23-19-15-18(31-14-4-6-21(30)29-12-10-28(2)11-13-29)7-8-20(19)26-22(27-23)17-5-3-9-25-16-17;1-19-18-14-10-13(25-9-3-5-16(23)24)6-7-15(14)21-17(22-18)12-4-2-8-20-11-12;1-7-4-2-6-3-5-7/h3,5,7-9,15-16H,4,6,10-14H2,1-2H3,(H,24,26,27);2,4,6-8,10-11H,3,5,9H2,1H3,(H,23,24)(H,19,21,22);6H,2-5H2,1H3. The third kappa shape index (κ3) is 13.7. The van der Waals surface area contributed by atoms with Gasteiger partial charge in [-0.3, -0.25) is 19.6 Å². The lowest BCUT2D eigenvalue weighted by Crippen LogP contribution is -2.47. The summed E-state index contributed by atoms with van der Waals surface area (Å²) in [6.45, 7) is 9.10. The minimum atomic E-state index is -0.823. The van der Waals surface area contributed by atoms with Gasteiger partial charge in [0.25, 0.3) is 0 Å². The molecular weight excluding hydrogens is 801 g/mol. The lowest BCUT2D eigenvalue weighted by Gasteiger charge is -2.32. The van der Waals surface area contributed by atoms with E-state index in [1.54, 1.807) is 31.8 Å². The number of hydrogen-bond donors (Lipinski definition) is 4. The van der Waals surface area contributed by atoms with Crippen LogP contribution in [0.25, 0.3) is 44.6 Å². The summed E-state index contributed by atoms with van der Waals surface area (Å²) in [7, 11) is 7.88. The van der Waals surface area contributed by atoms with Crippen molar-refractivity contribution in [2.75, 3.05) is 104 Å². The quantitative estimate of drug-likeness (QED) is 0.105. The van der Waals surface area contributed by atoms with Crippen LogP contribution < -0.4 is 25.4 Å². The number of carboxylic acid groups (broad SMARTS) is 1. The first-order valence-corrected chi connectivity index (χ1v) is 21.3. The number of aromatic nitrogens is 6. The van der Waals surface area contributed by atoms with Crippen molar-refractivity contribution in [2.24, 2.45) is 0 Å². The third-order valence-electron chi connectivity index (χ3n) is 10.5. The van der Waals surface area contributed by atoms with Crippen LogP contribution >= 0.6 is 0 Å². The number of benzene rings is 2. The molecule has 2 aliphatic heterocycles. The molecule has 332 valence electrons. The number of carbonyl (C=O) groups is 2. The summed E-state index contributed by atoms with van der Waals surface area (Å²) >= 11 is 0. The lowest BCUT2D eigenvalue weighted by molar-refractivity contribution is -0.137. The second-order valence-corrected chi connectivity index (χ2v) is 15.2. The highest BCUT2D eigenvalue weighted by Gasteiger charge is 2.19.